The monoisotopic (exact) mass is 239 g/mol. The minimum absolute atomic E-state index is 0.0479. The van der Waals surface area contributed by atoms with Crippen LogP contribution < -0.4 is 0 Å². The van der Waals surface area contributed by atoms with Crippen LogP contribution in [0.4, 0.5) is 0 Å². The molecule has 0 aromatic rings. The Morgan fingerprint density at radius 1 is 1.12 bits per heavy atom. The van der Waals surface area contributed by atoms with Gasteiger partial charge in [0.1, 0.15) is 5.78 Å². The molecule has 0 radical (unpaired) electrons. The molecule has 0 atom stereocenters. The lowest BCUT2D eigenvalue weighted by Crippen LogP contribution is -2.29. The number of ketones is 1. The zero-order valence-electron chi connectivity index (χ0n) is 10.7. The number of hydrogen-bond donors (Lipinski definition) is 0. The van der Waals surface area contributed by atoms with Crippen LogP contribution in [0.5, 0.6) is 0 Å². The van der Waals surface area contributed by atoms with Gasteiger partial charge in [-0.3, -0.25) is 19.3 Å². The van der Waals surface area contributed by atoms with Crippen molar-refractivity contribution in [3.8, 4) is 0 Å². The molecular formula is C13H21NO3. The van der Waals surface area contributed by atoms with Crippen LogP contribution in [-0.2, 0) is 14.4 Å². The van der Waals surface area contributed by atoms with Crippen molar-refractivity contribution in [1.29, 1.82) is 0 Å². The van der Waals surface area contributed by atoms with Gasteiger partial charge in [-0.25, -0.2) is 0 Å². The van der Waals surface area contributed by atoms with Gasteiger partial charge in [0.2, 0.25) is 11.8 Å². The molecule has 0 aliphatic carbocycles. The number of likely N-dealkylation sites (tertiary alicyclic amines) is 1. The molecule has 4 heteroatoms. The Hall–Kier alpha value is -1.19. The second-order valence-electron chi connectivity index (χ2n) is 4.87. The molecular weight excluding hydrogens is 218 g/mol. The summed E-state index contributed by atoms with van der Waals surface area (Å²) in [6.45, 7) is 4.33. The molecule has 0 bridgehead atoms. The maximum absolute atomic E-state index is 11.3. The number of nitrogens with zero attached hydrogens (tertiary/aromatic N) is 1. The van der Waals surface area contributed by atoms with Gasteiger partial charge >= 0.3 is 0 Å². The molecule has 17 heavy (non-hydrogen) atoms. The van der Waals surface area contributed by atoms with E-state index in [1.807, 2.05) is 13.8 Å². The third kappa shape index (κ3) is 4.29. The maximum atomic E-state index is 11.3. The van der Waals surface area contributed by atoms with Gasteiger partial charge in [-0.2, -0.15) is 0 Å². The van der Waals surface area contributed by atoms with Gasteiger partial charge < -0.3 is 0 Å². The van der Waals surface area contributed by atoms with Crippen molar-refractivity contribution in [3.05, 3.63) is 0 Å². The molecule has 0 spiro atoms. The van der Waals surface area contributed by atoms with Crippen LogP contribution in [0.15, 0.2) is 0 Å². The summed E-state index contributed by atoms with van der Waals surface area (Å²) < 4.78 is 0. The van der Waals surface area contributed by atoms with Gasteiger partial charge in [-0.05, 0) is 12.8 Å². The fourth-order valence-corrected chi connectivity index (χ4v) is 1.91. The number of Topliss-reactive ketones (excluding diaryl/α,β-unsaturated/α-hetero) is 1. The van der Waals surface area contributed by atoms with Gasteiger partial charge in [0.25, 0.3) is 0 Å². The summed E-state index contributed by atoms with van der Waals surface area (Å²) in [4.78, 5) is 35.3. The highest BCUT2D eigenvalue weighted by molar-refractivity contribution is 6.01. The van der Waals surface area contributed by atoms with Crippen molar-refractivity contribution in [2.24, 2.45) is 5.92 Å². The smallest absolute Gasteiger partial charge is 0.229 e. The van der Waals surface area contributed by atoms with Crippen LogP contribution in [0, 0.1) is 5.92 Å². The van der Waals surface area contributed by atoms with E-state index in [1.165, 1.54) is 4.90 Å². The molecule has 1 heterocycles. The number of amides is 2. The van der Waals surface area contributed by atoms with Crippen molar-refractivity contribution in [2.75, 3.05) is 6.54 Å². The molecule has 1 rings (SSSR count). The average Bonchev–Trinajstić information content (AvgIpc) is 2.59. The van der Waals surface area contributed by atoms with Crippen molar-refractivity contribution in [1.82, 2.24) is 4.90 Å². The normalized spacial score (nSPS) is 16.1. The molecule has 1 aliphatic rings. The first-order valence-electron chi connectivity index (χ1n) is 6.38. The molecule has 4 nitrogen and oxygen atoms in total. The summed E-state index contributed by atoms with van der Waals surface area (Å²) in [5.74, 6) is 0.302. The van der Waals surface area contributed by atoms with Crippen LogP contribution in [0.2, 0.25) is 0 Å². The standard InChI is InChI=1S/C13H21NO3/c1-10(2)11(15)6-4-3-5-9-14-12(16)7-8-13(14)17/h10H,3-9H2,1-2H3. The zero-order chi connectivity index (χ0) is 12.8. The quantitative estimate of drug-likeness (QED) is 0.504. The topological polar surface area (TPSA) is 54.5 Å². The first-order valence-corrected chi connectivity index (χ1v) is 6.38. The number of imide groups is 1. The number of carbonyl (C=O) groups excluding carboxylic acids is 3. The molecule has 2 amide bonds. The predicted molar refractivity (Wildman–Crippen MR) is 64.3 cm³/mol. The van der Waals surface area contributed by atoms with Gasteiger partial charge in [-0.15, -0.1) is 0 Å². The fraction of sp³-hybridized carbons (Fsp3) is 0.769. The lowest BCUT2D eigenvalue weighted by atomic mass is 10.0. The van der Waals surface area contributed by atoms with E-state index < -0.39 is 0 Å². The Balaban J connectivity index is 2.10. The predicted octanol–water partition coefficient (Wildman–Crippen LogP) is 1.92. The third-order valence-electron chi connectivity index (χ3n) is 3.10. The summed E-state index contributed by atoms with van der Waals surface area (Å²) in [5.41, 5.74) is 0. The number of carbonyl (C=O) groups is 3. The van der Waals surface area contributed by atoms with Gasteiger partial charge in [-0.1, -0.05) is 20.3 Å². The van der Waals surface area contributed by atoms with Crippen molar-refractivity contribution in [2.45, 2.75) is 52.4 Å². The number of hydrogen-bond acceptors (Lipinski definition) is 3. The van der Waals surface area contributed by atoms with E-state index in [4.69, 9.17) is 0 Å². The molecule has 96 valence electrons. The van der Waals surface area contributed by atoms with E-state index in [9.17, 15) is 14.4 Å². The molecule has 1 saturated heterocycles. The lowest BCUT2D eigenvalue weighted by molar-refractivity contribution is -0.138. The average molecular weight is 239 g/mol. The minimum atomic E-state index is -0.0479. The maximum Gasteiger partial charge on any atom is 0.229 e. The Bertz CT molecular complexity index is 294. The Labute approximate surface area is 102 Å². The highest BCUT2D eigenvalue weighted by Gasteiger charge is 2.27. The minimum Gasteiger partial charge on any atom is -0.299 e. The number of unbranched alkanes of at least 4 members (excludes halogenated alkanes) is 2. The Morgan fingerprint density at radius 2 is 1.71 bits per heavy atom. The number of rotatable bonds is 7. The highest BCUT2D eigenvalue weighted by atomic mass is 16.2. The summed E-state index contributed by atoms with van der Waals surface area (Å²) in [7, 11) is 0. The molecule has 1 aliphatic heterocycles. The van der Waals surface area contributed by atoms with Crippen molar-refractivity contribution in [3.63, 3.8) is 0 Å². The van der Waals surface area contributed by atoms with Crippen LogP contribution in [0.3, 0.4) is 0 Å². The van der Waals surface area contributed by atoms with Crippen LogP contribution in [0.1, 0.15) is 52.4 Å². The third-order valence-corrected chi connectivity index (χ3v) is 3.10. The highest BCUT2D eigenvalue weighted by Crippen LogP contribution is 2.13. The first-order chi connectivity index (χ1) is 8.02. The van der Waals surface area contributed by atoms with Crippen LogP contribution in [-0.4, -0.2) is 29.0 Å². The molecule has 0 aromatic carbocycles. The van der Waals surface area contributed by atoms with E-state index in [0.717, 1.165) is 19.3 Å². The Kier molecular flexibility index (Phi) is 5.32. The van der Waals surface area contributed by atoms with E-state index in [1.54, 1.807) is 0 Å². The van der Waals surface area contributed by atoms with Crippen molar-refractivity contribution >= 4 is 17.6 Å². The SMILES string of the molecule is CC(C)C(=O)CCCCCN1C(=O)CCC1=O. The zero-order valence-corrected chi connectivity index (χ0v) is 10.7. The first kappa shape index (κ1) is 13.9. The summed E-state index contributed by atoms with van der Waals surface area (Å²) >= 11 is 0. The van der Waals surface area contributed by atoms with Crippen molar-refractivity contribution < 1.29 is 14.4 Å². The molecule has 1 fully saturated rings. The largest absolute Gasteiger partial charge is 0.299 e. The lowest BCUT2D eigenvalue weighted by Gasteiger charge is -2.13. The van der Waals surface area contributed by atoms with Crippen LogP contribution >= 0.6 is 0 Å². The summed E-state index contributed by atoms with van der Waals surface area (Å²) in [6.07, 6.45) is 3.90. The fourth-order valence-electron chi connectivity index (χ4n) is 1.91. The van der Waals surface area contributed by atoms with E-state index in [2.05, 4.69) is 0 Å². The molecule has 0 aromatic heterocycles. The summed E-state index contributed by atoms with van der Waals surface area (Å²) in [5, 5.41) is 0. The second-order valence-corrected chi connectivity index (χ2v) is 4.87. The molecule has 0 saturated carbocycles. The Morgan fingerprint density at radius 3 is 2.24 bits per heavy atom. The van der Waals surface area contributed by atoms with E-state index in [0.29, 0.717) is 31.6 Å². The molecule has 0 N–H and O–H groups in total. The van der Waals surface area contributed by atoms with E-state index in [-0.39, 0.29) is 17.7 Å². The van der Waals surface area contributed by atoms with Gasteiger partial charge in [0, 0.05) is 31.7 Å². The van der Waals surface area contributed by atoms with Gasteiger partial charge in [0.05, 0.1) is 0 Å². The van der Waals surface area contributed by atoms with Crippen LogP contribution in [0.25, 0.3) is 0 Å². The summed E-state index contributed by atoms with van der Waals surface area (Å²) in [6, 6.07) is 0. The second kappa shape index (κ2) is 6.52. The van der Waals surface area contributed by atoms with E-state index >= 15 is 0 Å². The van der Waals surface area contributed by atoms with Gasteiger partial charge in [0.15, 0.2) is 0 Å². The molecule has 0 unspecified atom stereocenters.